The molecule has 4 heteroatoms. The van der Waals surface area contributed by atoms with Crippen LogP contribution >= 0.6 is 0 Å². The summed E-state index contributed by atoms with van der Waals surface area (Å²) in [7, 11) is 0. The number of nitrogens with zero attached hydrogens (tertiary/aromatic N) is 1. The minimum Gasteiger partial charge on any atom is -0.449 e. The Balaban J connectivity index is 1.79. The summed E-state index contributed by atoms with van der Waals surface area (Å²) in [5.41, 5.74) is 0.704. The van der Waals surface area contributed by atoms with Crippen molar-refractivity contribution in [3.05, 3.63) is 76.7 Å². The van der Waals surface area contributed by atoms with Crippen molar-refractivity contribution in [3.8, 4) is 0 Å². The van der Waals surface area contributed by atoms with Gasteiger partial charge in [0.1, 0.15) is 0 Å². The number of rotatable bonds is 4. The highest BCUT2D eigenvalue weighted by Crippen LogP contribution is 2.02. The van der Waals surface area contributed by atoms with Gasteiger partial charge < -0.3 is 4.74 Å². The van der Waals surface area contributed by atoms with Gasteiger partial charge in [-0.05, 0) is 18.1 Å². The van der Waals surface area contributed by atoms with Gasteiger partial charge in [-0.1, -0.05) is 48.6 Å². The molecule has 0 bridgehead atoms. The molecule has 0 amide bonds. The SMILES string of the molecule is O=C(OCC/C=C\c1ccccc1)n1ccccc1=O. The van der Waals surface area contributed by atoms with Gasteiger partial charge in [-0.25, -0.2) is 9.36 Å². The highest BCUT2D eigenvalue weighted by molar-refractivity contribution is 5.70. The van der Waals surface area contributed by atoms with E-state index in [4.69, 9.17) is 4.74 Å². The Morgan fingerprint density at radius 2 is 1.85 bits per heavy atom. The van der Waals surface area contributed by atoms with Crippen LogP contribution < -0.4 is 5.56 Å². The summed E-state index contributed by atoms with van der Waals surface area (Å²) in [6.45, 7) is 0.240. The number of benzene rings is 1. The van der Waals surface area contributed by atoms with Crippen molar-refractivity contribution in [3.63, 3.8) is 0 Å². The average Bonchev–Trinajstić information content (AvgIpc) is 2.48. The Kier molecular flexibility index (Phi) is 4.89. The molecule has 0 atom stereocenters. The predicted molar refractivity (Wildman–Crippen MR) is 77.5 cm³/mol. The highest BCUT2D eigenvalue weighted by atomic mass is 16.5. The molecule has 0 fully saturated rings. The van der Waals surface area contributed by atoms with Gasteiger partial charge in [0.05, 0.1) is 6.61 Å². The first-order valence-corrected chi connectivity index (χ1v) is 6.34. The van der Waals surface area contributed by atoms with Gasteiger partial charge in [0.2, 0.25) is 0 Å². The maximum atomic E-state index is 11.6. The van der Waals surface area contributed by atoms with Gasteiger partial charge in [0.15, 0.2) is 0 Å². The van der Waals surface area contributed by atoms with Gasteiger partial charge >= 0.3 is 6.09 Å². The number of carbonyl (C=O) groups is 1. The Bertz CT molecular complexity index is 644. The standard InChI is InChI=1S/C16H15NO3/c18-15-11-4-6-12-17(15)16(19)20-13-7-5-10-14-8-2-1-3-9-14/h1-6,8-12H,7,13H2/b10-5-. The number of hydrogen-bond donors (Lipinski definition) is 0. The monoisotopic (exact) mass is 269 g/mol. The van der Waals surface area contributed by atoms with Crippen LogP contribution in [0.15, 0.2) is 65.6 Å². The molecule has 0 saturated carbocycles. The summed E-state index contributed by atoms with van der Waals surface area (Å²) in [6.07, 6.45) is 5.23. The van der Waals surface area contributed by atoms with Crippen molar-refractivity contribution >= 4 is 12.2 Å². The first-order chi connectivity index (χ1) is 9.77. The van der Waals surface area contributed by atoms with Gasteiger partial charge in [0, 0.05) is 12.3 Å². The van der Waals surface area contributed by atoms with Gasteiger partial charge in [-0.15, -0.1) is 0 Å². The minimum atomic E-state index is -0.649. The van der Waals surface area contributed by atoms with Crippen LogP contribution in [0.5, 0.6) is 0 Å². The molecule has 1 heterocycles. The summed E-state index contributed by atoms with van der Waals surface area (Å²) < 4.78 is 5.96. The molecular weight excluding hydrogens is 254 g/mol. The number of ether oxygens (including phenoxy) is 1. The van der Waals surface area contributed by atoms with E-state index in [1.807, 2.05) is 42.5 Å². The minimum absolute atomic E-state index is 0.240. The topological polar surface area (TPSA) is 48.3 Å². The first-order valence-electron chi connectivity index (χ1n) is 6.34. The molecular formula is C16H15NO3. The van der Waals surface area contributed by atoms with Crippen molar-refractivity contribution < 1.29 is 9.53 Å². The quantitative estimate of drug-likeness (QED) is 0.802. The fourth-order valence-electron chi connectivity index (χ4n) is 1.65. The van der Waals surface area contributed by atoms with Crippen LogP contribution in [0.3, 0.4) is 0 Å². The zero-order valence-electron chi connectivity index (χ0n) is 10.9. The van der Waals surface area contributed by atoms with Crippen molar-refractivity contribution in [2.75, 3.05) is 6.61 Å². The number of pyridine rings is 1. The lowest BCUT2D eigenvalue weighted by Gasteiger charge is -2.04. The lowest BCUT2D eigenvalue weighted by Crippen LogP contribution is -2.26. The third kappa shape index (κ3) is 3.95. The molecule has 0 radical (unpaired) electrons. The van der Waals surface area contributed by atoms with E-state index >= 15 is 0 Å². The van der Waals surface area contributed by atoms with Crippen LogP contribution in [0, 0.1) is 0 Å². The second kappa shape index (κ2) is 7.09. The van der Waals surface area contributed by atoms with E-state index < -0.39 is 11.7 Å². The molecule has 0 saturated heterocycles. The predicted octanol–water partition coefficient (Wildman–Crippen LogP) is 2.94. The maximum Gasteiger partial charge on any atom is 0.420 e. The van der Waals surface area contributed by atoms with Crippen LogP contribution in [0.4, 0.5) is 4.79 Å². The largest absolute Gasteiger partial charge is 0.449 e. The zero-order valence-corrected chi connectivity index (χ0v) is 10.9. The summed E-state index contributed by atoms with van der Waals surface area (Å²) in [6, 6.07) is 14.4. The molecule has 1 aromatic heterocycles. The lowest BCUT2D eigenvalue weighted by atomic mass is 10.2. The fraction of sp³-hybridized carbons (Fsp3) is 0.125. The molecule has 0 aliphatic heterocycles. The summed E-state index contributed by atoms with van der Waals surface area (Å²) in [5.74, 6) is 0. The molecule has 0 aliphatic carbocycles. The van der Waals surface area contributed by atoms with E-state index in [9.17, 15) is 9.59 Å². The van der Waals surface area contributed by atoms with E-state index in [0.29, 0.717) is 6.42 Å². The zero-order chi connectivity index (χ0) is 14.2. The summed E-state index contributed by atoms with van der Waals surface area (Å²) in [5, 5.41) is 0. The molecule has 2 aromatic rings. The molecule has 1 aromatic carbocycles. The average molecular weight is 269 g/mol. The fourth-order valence-corrected chi connectivity index (χ4v) is 1.65. The Morgan fingerprint density at radius 1 is 1.10 bits per heavy atom. The van der Waals surface area contributed by atoms with Crippen LogP contribution in [0.25, 0.3) is 6.08 Å². The van der Waals surface area contributed by atoms with Gasteiger partial charge in [-0.2, -0.15) is 0 Å². The Hall–Kier alpha value is -2.62. The van der Waals surface area contributed by atoms with Gasteiger partial charge in [-0.3, -0.25) is 4.79 Å². The molecule has 2 rings (SSSR count). The molecule has 4 nitrogen and oxygen atoms in total. The van der Waals surface area contributed by atoms with Crippen LogP contribution in [-0.2, 0) is 4.74 Å². The van der Waals surface area contributed by atoms with E-state index in [2.05, 4.69) is 0 Å². The van der Waals surface area contributed by atoms with E-state index in [0.717, 1.165) is 10.1 Å². The number of carbonyl (C=O) groups excluding carboxylic acids is 1. The van der Waals surface area contributed by atoms with Crippen molar-refractivity contribution in [2.24, 2.45) is 0 Å². The van der Waals surface area contributed by atoms with Crippen LogP contribution in [0.1, 0.15) is 12.0 Å². The second-order valence-corrected chi connectivity index (χ2v) is 4.12. The van der Waals surface area contributed by atoms with Crippen molar-refractivity contribution in [2.45, 2.75) is 6.42 Å². The summed E-state index contributed by atoms with van der Waals surface area (Å²) >= 11 is 0. The molecule has 20 heavy (non-hydrogen) atoms. The number of aromatic nitrogens is 1. The summed E-state index contributed by atoms with van der Waals surface area (Å²) in [4.78, 5) is 23.0. The second-order valence-electron chi connectivity index (χ2n) is 4.12. The highest BCUT2D eigenvalue weighted by Gasteiger charge is 2.05. The normalized spacial score (nSPS) is 10.6. The first kappa shape index (κ1) is 13.8. The molecule has 102 valence electrons. The molecule has 0 aliphatic rings. The number of hydrogen-bond acceptors (Lipinski definition) is 3. The maximum absolute atomic E-state index is 11.6. The third-order valence-corrected chi connectivity index (χ3v) is 2.64. The van der Waals surface area contributed by atoms with Crippen LogP contribution in [-0.4, -0.2) is 17.3 Å². The lowest BCUT2D eigenvalue weighted by molar-refractivity contribution is 0.149. The van der Waals surface area contributed by atoms with Crippen molar-refractivity contribution in [1.82, 2.24) is 4.57 Å². The smallest absolute Gasteiger partial charge is 0.420 e. The molecule has 0 unspecified atom stereocenters. The van der Waals surface area contributed by atoms with Crippen LogP contribution in [0.2, 0.25) is 0 Å². The Morgan fingerprint density at radius 3 is 2.60 bits per heavy atom. The van der Waals surface area contributed by atoms with Crippen molar-refractivity contribution in [1.29, 1.82) is 0 Å². The van der Waals surface area contributed by atoms with E-state index in [1.165, 1.54) is 12.3 Å². The molecule has 0 N–H and O–H groups in total. The van der Waals surface area contributed by atoms with E-state index in [-0.39, 0.29) is 6.61 Å². The Labute approximate surface area is 116 Å². The third-order valence-electron chi connectivity index (χ3n) is 2.64. The van der Waals surface area contributed by atoms with Gasteiger partial charge in [0.25, 0.3) is 5.56 Å². The van der Waals surface area contributed by atoms with E-state index in [1.54, 1.807) is 12.1 Å². The molecule has 0 spiro atoms.